The van der Waals surface area contributed by atoms with Crippen LogP contribution in [0.3, 0.4) is 0 Å². The molecule has 1 aromatic rings. The zero-order valence-electron chi connectivity index (χ0n) is 11.2. The number of hydrogen-bond acceptors (Lipinski definition) is 3. The molecule has 1 saturated heterocycles. The zero-order valence-corrected chi connectivity index (χ0v) is 11.2. The van der Waals surface area contributed by atoms with Crippen molar-refractivity contribution in [2.75, 3.05) is 6.61 Å². The van der Waals surface area contributed by atoms with Crippen LogP contribution in [0.4, 0.5) is 0 Å². The van der Waals surface area contributed by atoms with Crippen LogP contribution >= 0.6 is 0 Å². The molecule has 102 valence electrons. The van der Waals surface area contributed by atoms with Gasteiger partial charge in [0.25, 0.3) is 0 Å². The average molecular weight is 260 g/mol. The normalized spacial score (nSPS) is 29.8. The van der Waals surface area contributed by atoms with Gasteiger partial charge in [-0.05, 0) is 30.9 Å². The van der Waals surface area contributed by atoms with Gasteiger partial charge in [0.2, 0.25) is 5.91 Å². The topological polar surface area (TPSA) is 50.4 Å². The predicted molar refractivity (Wildman–Crippen MR) is 72.7 cm³/mol. The van der Waals surface area contributed by atoms with Crippen molar-refractivity contribution in [2.45, 2.75) is 44.5 Å². The van der Waals surface area contributed by atoms with Crippen molar-refractivity contribution in [3.8, 4) is 0 Å². The molecule has 0 aromatic heterocycles. The maximum absolute atomic E-state index is 12.3. The Bertz CT molecular complexity index is 475. The second kappa shape index (κ2) is 5.31. The number of rotatable bonds is 2. The van der Waals surface area contributed by atoms with Crippen LogP contribution in [0.15, 0.2) is 24.3 Å². The summed E-state index contributed by atoms with van der Waals surface area (Å²) in [6.45, 7) is 3.53. The first-order chi connectivity index (χ1) is 9.24. The minimum Gasteiger partial charge on any atom is -0.376 e. The Hall–Kier alpha value is -1.39. The molecule has 2 aliphatic rings. The fourth-order valence-electron chi connectivity index (χ4n) is 2.84. The molecule has 1 amide bonds. The van der Waals surface area contributed by atoms with E-state index in [0.29, 0.717) is 0 Å². The molecule has 1 aromatic carbocycles. The van der Waals surface area contributed by atoms with Crippen LogP contribution < -0.4 is 10.6 Å². The molecule has 2 N–H and O–H groups in total. The maximum atomic E-state index is 12.3. The molecule has 2 heterocycles. The van der Waals surface area contributed by atoms with Crippen LogP contribution in [-0.4, -0.2) is 30.7 Å². The van der Waals surface area contributed by atoms with E-state index < -0.39 is 0 Å². The van der Waals surface area contributed by atoms with Crippen molar-refractivity contribution in [3.63, 3.8) is 0 Å². The van der Waals surface area contributed by atoms with Gasteiger partial charge < -0.3 is 15.4 Å². The second-order valence-electron chi connectivity index (χ2n) is 5.39. The van der Waals surface area contributed by atoms with Crippen molar-refractivity contribution in [3.05, 3.63) is 35.4 Å². The summed E-state index contributed by atoms with van der Waals surface area (Å²) < 4.78 is 5.47. The smallest absolute Gasteiger partial charge is 0.237 e. The summed E-state index contributed by atoms with van der Waals surface area (Å²) in [5, 5.41) is 6.41. The zero-order chi connectivity index (χ0) is 13.2. The van der Waals surface area contributed by atoms with E-state index in [1.54, 1.807) is 0 Å². The molecule has 2 aliphatic heterocycles. The van der Waals surface area contributed by atoms with E-state index in [4.69, 9.17) is 4.74 Å². The predicted octanol–water partition coefficient (Wildman–Crippen LogP) is 0.994. The first-order valence-electron chi connectivity index (χ1n) is 6.96. The lowest BCUT2D eigenvalue weighted by Gasteiger charge is -2.27. The number of ether oxygens (including phenoxy) is 1. The van der Waals surface area contributed by atoms with E-state index in [1.165, 1.54) is 11.1 Å². The fraction of sp³-hybridized carbons (Fsp3) is 0.533. The molecule has 4 nitrogen and oxygen atoms in total. The van der Waals surface area contributed by atoms with Gasteiger partial charge in [-0.3, -0.25) is 4.79 Å². The number of benzene rings is 1. The standard InChI is InChI=1S/C15H20N2O2/c1-10-13(6-7-19-10)17-15(18)14-8-11-4-2-3-5-12(11)9-16-14/h2-5,10,13-14,16H,6-9H2,1H3,(H,17,18)/t10?,13?,14-/m0/s1. The van der Waals surface area contributed by atoms with Crippen molar-refractivity contribution < 1.29 is 9.53 Å². The highest BCUT2D eigenvalue weighted by Gasteiger charge is 2.30. The van der Waals surface area contributed by atoms with E-state index in [9.17, 15) is 4.79 Å². The second-order valence-corrected chi connectivity index (χ2v) is 5.39. The van der Waals surface area contributed by atoms with E-state index in [1.807, 2.05) is 19.1 Å². The van der Waals surface area contributed by atoms with Crippen LogP contribution in [0, 0.1) is 0 Å². The molecule has 0 bridgehead atoms. The molecule has 0 aliphatic carbocycles. The SMILES string of the molecule is CC1OCCC1NC(=O)[C@@H]1Cc2ccccc2CN1. The van der Waals surface area contributed by atoms with Gasteiger partial charge in [0, 0.05) is 13.2 Å². The first kappa shape index (κ1) is 12.6. The molecule has 1 fully saturated rings. The molecule has 4 heteroatoms. The Kier molecular flexibility index (Phi) is 3.53. The molecule has 3 rings (SSSR count). The average Bonchev–Trinajstić information content (AvgIpc) is 2.84. The molecule has 19 heavy (non-hydrogen) atoms. The molecule has 0 radical (unpaired) electrons. The summed E-state index contributed by atoms with van der Waals surface area (Å²) >= 11 is 0. The summed E-state index contributed by atoms with van der Waals surface area (Å²) in [5.74, 6) is 0.0943. The van der Waals surface area contributed by atoms with Crippen molar-refractivity contribution in [2.24, 2.45) is 0 Å². The maximum Gasteiger partial charge on any atom is 0.237 e. The largest absolute Gasteiger partial charge is 0.376 e. The van der Waals surface area contributed by atoms with Gasteiger partial charge >= 0.3 is 0 Å². The van der Waals surface area contributed by atoms with E-state index in [2.05, 4.69) is 22.8 Å². The molecule has 3 atom stereocenters. The summed E-state index contributed by atoms with van der Waals surface area (Å²) in [6.07, 6.45) is 1.81. The summed E-state index contributed by atoms with van der Waals surface area (Å²) in [5.41, 5.74) is 2.57. The minimum absolute atomic E-state index is 0.0943. The third-order valence-electron chi connectivity index (χ3n) is 4.10. The number of hydrogen-bond donors (Lipinski definition) is 2. The summed E-state index contributed by atoms with van der Waals surface area (Å²) in [4.78, 5) is 12.3. The molecular weight excluding hydrogens is 240 g/mol. The van der Waals surface area contributed by atoms with Gasteiger partial charge in [-0.25, -0.2) is 0 Å². The van der Waals surface area contributed by atoms with Gasteiger partial charge in [-0.2, -0.15) is 0 Å². The van der Waals surface area contributed by atoms with Crippen LogP contribution in [-0.2, 0) is 22.5 Å². The molecule has 0 spiro atoms. The van der Waals surface area contributed by atoms with Crippen molar-refractivity contribution in [1.29, 1.82) is 0 Å². The van der Waals surface area contributed by atoms with Gasteiger partial charge in [-0.1, -0.05) is 24.3 Å². The van der Waals surface area contributed by atoms with Crippen molar-refractivity contribution in [1.82, 2.24) is 10.6 Å². The van der Waals surface area contributed by atoms with E-state index in [0.717, 1.165) is 26.0 Å². The quantitative estimate of drug-likeness (QED) is 0.834. The summed E-state index contributed by atoms with van der Waals surface area (Å²) in [7, 11) is 0. The van der Waals surface area contributed by atoms with Gasteiger partial charge in [0.05, 0.1) is 18.2 Å². The third-order valence-corrected chi connectivity index (χ3v) is 4.10. The number of carbonyl (C=O) groups excluding carboxylic acids is 1. The van der Waals surface area contributed by atoms with Gasteiger partial charge in [0.1, 0.15) is 0 Å². The monoisotopic (exact) mass is 260 g/mol. The Balaban J connectivity index is 1.63. The highest BCUT2D eigenvalue weighted by molar-refractivity contribution is 5.82. The fourth-order valence-corrected chi connectivity index (χ4v) is 2.84. The Morgan fingerprint density at radius 1 is 1.37 bits per heavy atom. The van der Waals surface area contributed by atoms with Crippen LogP contribution in [0.5, 0.6) is 0 Å². The Labute approximate surface area is 113 Å². The van der Waals surface area contributed by atoms with Crippen LogP contribution in [0.25, 0.3) is 0 Å². The Morgan fingerprint density at radius 2 is 2.16 bits per heavy atom. The number of amides is 1. The minimum atomic E-state index is -0.123. The van der Waals surface area contributed by atoms with Gasteiger partial charge in [-0.15, -0.1) is 0 Å². The highest BCUT2D eigenvalue weighted by Crippen LogP contribution is 2.17. The number of carbonyl (C=O) groups is 1. The highest BCUT2D eigenvalue weighted by atomic mass is 16.5. The summed E-state index contributed by atoms with van der Waals surface area (Å²) in [6, 6.07) is 8.33. The number of nitrogens with one attached hydrogen (secondary N) is 2. The van der Waals surface area contributed by atoms with Crippen LogP contribution in [0.1, 0.15) is 24.5 Å². The number of fused-ring (bicyclic) bond motifs is 1. The molecule has 2 unspecified atom stereocenters. The Morgan fingerprint density at radius 3 is 2.89 bits per heavy atom. The van der Waals surface area contributed by atoms with E-state index >= 15 is 0 Å². The van der Waals surface area contributed by atoms with E-state index in [-0.39, 0.29) is 24.1 Å². The lowest BCUT2D eigenvalue weighted by molar-refractivity contribution is -0.124. The lowest BCUT2D eigenvalue weighted by atomic mass is 9.95. The lowest BCUT2D eigenvalue weighted by Crippen LogP contribution is -2.51. The molecule has 0 saturated carbocycles. The van der Waals surface area contributed by atoms with Crippen LogP contribution in [0.2, 0.25) is 0 Å². The van der Waals surface area contributed by atoms with Crippen molar-refractivity contribution >= 4 is 5.91 Å². The molecular formula is C15H20N2O2. The third kappa shape index (κ3) is 2.65. The first-order valence-corrected chi connectivity index (χ1v) is 6.96. The van der Waals surface area contributed by atoms with Gasteiger partial charge in [0.15, 0.2) is 0 Å².